The SMILES string of the molecule is CC(=O)OC(C)N1CCOC1=O. The number of amides is 1. The molecular weight excluding hydrogens is 162 g/mol. The fraction of sp³-hybridized carbons (Fsp3) is 0.714. The molecule has 1 aliphatic rings. The first-order valence-corrected chi connectivity index (χ1v) is 3.72. The van der Waals surface area contributed by atoms with Crippen LogP contribution in [0.25, 0.3) is 0 Å². The number of ether oxygens (including phenoxy) is 2. The highest BCUT2D eigenvalue weighted by Gasteiger charge is 2.28. The van der Waals surface area contributed by atoms with Crippen LogP contribution in [0.15, 0.2) is 0 Å². The normalized spacial score (nSPS) is 18.8. The predicted molar refractivity (Wildman–Crippen MR) is 39.3 cm³/mol. The summed E-state index contributed by atoms with van der Waals surface area (Å²) in [6.45, 7) is 3.78. The lowest BCUT2D eigenvalue weighted by molar-refractivity contribution is -0.151. The van der Waals surface area contributed by atoms with Crippen LogP contribution in [-0.4, -0.2) is 36.3 Å². The first-order valence-electron chi connectivity index (χ1n) is 3.72. The number of hydrogen-bond acceptors (Lipinski definition) is 4. The van der Waals surface area contributed by atoms with E-state index in [4.69, 9.17) is 4.74 Å². The van der Waals surface area contributed by atoms with Crippen molar-refractivity contribution >= 4 is 12.1 Å². The summed E-state index contributed by atoms with van der Waals surface area (Å²) in [5.41, 5.74) is 0. The van der Waals surface area contributed by atoms with E-state index in [9.17, 15) is 9.59 Å². The minimum absolute atomic E-state index is 0.366. The van der Waals surface area contributed by atoms with Crippen molar-refractivity contribution in [3.05, 3.63) is 0 Å². The van der Waals surface area contributed by atoms with E-state index in [0.29, 0.717) is 13.2 Å². The molecule has 5 nitrogen and oxygen atoms in total. The van der Waals surface area contributed by atoms with E-state index >= 15 is 0 Å². The Morgan fingerprint density at radius 1 is 1.75 bits per heavy atom. The van der Waals surface area contributed by atoms with Gasteiger partial charge in [0.25, 0.3) is 0 Å². The van der Waals surface area contributed by atoms with Crippen molar-refractivity contribution in [1.29, 1.82) is 0 Å². The molecule has 12 heavy (non-hydrogen) atoms. The van der Waals surface area contributed by atoms with E-state index < -0.39 is 18.3 Å². The minimum Gasteiger partial charge on any atom is -0.447 e. The second kappa shape index (κ2) is 3.42. The monoisotopic (exact) mass is 173 g/mol. The molecule has 0 saturated carbocycles. The van der Waals surface area contributed by atoms with E-state index in [2.05, 4.69) is 4.74 Å². The van der Waals surface area contributed by atoms with Crippen molar-refractivity contribution in [2.24, 2.45) is 0 Å². The Balaban J connectivity index is 2.45. The summed E-state index contributed by atoms with van der Waals surface area (Å²) in [7, 11) is 0. The number of rotatable bonds is 2. The molecule has 68 valence electrons. The van der Waals surface area contributed by atoms with Crippen LogP contribution in [-0.2, 0) is 14.3 Å². The van der Waals surface area contributed by atoms with Gasteiger partial charge in [-0.05, 0) is 6.92 Å². The van der Waals surface area contributed by atoms with Crippen molar-refractivity contribution in [1.82, 2.24) is 4.90 Å². The van der Waals surface area contributed by atoms with Crippen molar-refractivity contribution in [2.45, 2.75) is 20.1 Å². The average molecular weight is 173 g/mol. The largest absolute Gasteiger partial charge is 0.447 e. The molecule has 1 rings (SSSR count). The van der Waals surface area contributed by atoms with Gasteiger partial charge in [0.05, 0.1) is 6.54 Å². The van der Waals surface area contributed by atoms with Crippen LogP contribution < -0.4 is 0 Å². The molecule has 1 amide bonds. The zero-order chi connectivity index (χ0) is 9.14. The van der Waals surface area contributed by atoms with Gasteiger partial charge in [-0.2, -0.15) is 0 Å². The number of nitrogens with zero attached hydrogens (tertiary/aromatic N) is 1. The maximum absolute atomic E-state index is 10.9. The van der Waals surface area contributed by atoms with Crippen LogP contribution in [0.3, 0.4) is 0 Å². The maximum Gasteiger partial charge on any atom is 0.412 e. The molecule has 1 atom stereocenters. The lowest BCUT2D eigenvalue weighted by Crippen LogP contribution is -2.36. The minimum atomic E-state index is -0.530. The van der Waals surface area contributed by atoms with Gasteiger partial charge in [-0.3, -0.25) is 9.69 Å². The molecule has 1 fully saturated rings. The summed E-state index contributed by atoms with van der Waals surface area (Å²) in [5.74, 6) is -0.401. The van der Waals surface area contributed by atoms with E-state index in [1.807, 2.05) is 0 Å². The number of hydrogen-bond donors (Lipinski definition) is 0. The Morgan fingerprint density at radius 2 is 2.42 bits per heavy atom. The summed E-state index contributed by atoms with van der Waals surface area (Å²) >= 11 is 0. The highest BCUT2D eigenvalue weighted by Crippen LogP contribution is 2.09. The first-order chi connectivity index (χ1) is 5.61. The zero-order valence-electron chi connectivity index (χ0n) is 7.07. The molecule has 0 radical (unpaired) electrons. The van der Waals surface area contributed by atoms with Crippen molar-refractivity contribution in [3.63, 3.8) is 0 Å². The number of esters is 1. The fourth-order valence-corrected chi connectivity index (χ4v) is 1.04. The molecule has 0 bridgehead atoms. The molecule has 0 N–H and O–H groups in total. The van der Waals surface area contributed by atoms with Crippen LogP contribution in [0.5, 0.6) is 0 Å². The molecule has 0 spiro atoms. The third kappa shape index (κ3) is 1.87. The van der Waals surface area contributed by atoms with E-state index in [-0.39, 0.29) is 0 Å². The van der Waals surface area contributed by atoms with Crippen LogP contribution >= 0.6 is 0 Å². The van der Waals surface area contributed by atoms with E-state index in [0.717, 1.165) is 0 Å². The Hall–Kier alpha value is -1.26. The summed E-state index contributed by atoms with van der Waals surface area (Å²) in [6, 6.07) is 0. The summed E-state index contributed by atoms with van der Waals surface area (Å²) in [6.07, 6.45) is -0.957. The Bertz CT molecular complexity index is 204. The lowest BCUT2D eigenvalue weighted by atomic mass is 10.5. The average Bonchev–Trinajstić information content (AvgIpc) is 2.33. The highest BCUT2D eigenvalue weighted by atomic mass is 16.6. The van der Waals surface area contributed by atoms with Crippen LogP contribution in [0.1, 0.15) is 13.8 Å². The molecule has 0 aromatic carbocycles. The van der Waals surface area contributed by atoms with Gasteiger partial charge in [0.2, 0.25) is 0 Å². The lowest BCUT2D eigenvalue weighted by Gasteiger charge is -2.20. The van der Waals surface area contributed by atoms with Gasteiger partial charge >= 0.3 is 12.1 Å². The van der Waals surface area contributed by atoms with Gasteiger partial charge in [0.1, 0.15) is 6.61 Å². The van der Waals surface area contributed by atoms with Crippen molar-refractivity contribution in [3.8, 4) is 0 Å². The molecular formula is C7H11NO4. The van der Waals surface area contributed by atoms with Gasteiger partial charge in [0, 0.05) is 6.92 Å². The summed E-state index contributed by atoms with van der Waals surface area (Å²) < 4.78 is 9.45. The number of carbonyl (C=O) groups is 2. The molecule has 1 saturated heterocycles. The second-order valence-corrected chi connectivity index (χ2v) is 2.52. The number of cyclic esters (lactones) is 1. The van der Waals surface area contributed by atoms with Gasteiger partial charge < -0.3 is 9.47 Å². The fourth-order valence-electron chi connectivity index (χ4n) is 1.04. The van der Waals surface area contributed by atoms with Crippen molar-refractivity contribution in [2.75, 3.05) is 13.2 Å². The molecule has 1 aliphatic heterocycles. The molecule has 0 aromatic heterocycles. The highest BCUT2D eigenvalue weighted by molar-refractivity contribution is 5.70. The molecule has 1 unspecified atom stereocenters. The van der Waals surface area contributed by atoms with Gasteiger partial charge in [-0.25, -0.2) is 4.79 Å². The third-order valence-corrected chi connectivity index (χ3v) is 1.57. The van der Waals surface area contributed by atoms with E-state index in [1.54, 1.807) is 6.92 Å². The maximum atomic E-state index is 10.9. The van der Waals surface area contributed by atoms with Gasteiger partial charge in [0.15, 0.2) is 6.23 Å². The topological polar surface area (TPSA) is 55.8 Å². The van der Waals surface area contributed by atoms with Crippen LogP contribution in [0.4, 0.5) is 4.79 Å². The molecule has 1 heterocycles. The Kier molecular flexibility index (Phi) is 2.52. The Morgan fingerprint density at radius 3 is 2.83 bits per heavy atom. The summed E-state index contributed by atoms with van der Waals surface area (Å²) in [4.78, 5) is 22.8. The third-order valence-electron chi connectivity index (χ3n) is 1.57. The summed E-state index contributed by atoms with van der Waals surface area (Å²) in [5, 5.41) is 0. The smallest absolute Gasteiger partial charge is 0.412 e. The molecule has 5 heteroatoms. The van der Waals surface area contributed by atoms with Crippen LogP contribution in [0.2, 0.25) is 0 Å². The Labute approximate surface area is 70.2 Å². The quantitative estimate of drug-likeness (QED) is 0.565. The zero-order valence-corrected chi connectivity index (χ0v) is 7.07. The molecule has 0 aliphatic carbocycles. The number of carbonyl (C=O) groups excluding carboxylic acids is 2. The predicted octanol–water partition coefficient (Wildman–Crippen LogP) is 0.348. The van der Waals surface area contributed by atoms with E-state index in [1.165, 1.54) is 11.8 Å². The first kappa shape index (κ1) is 8.83. The second-order valence-electron chi connectivity index (χ2n) is 2.52. The van der Waals surface area contributed by atoms with Gasteiger partial charge in [-0.1, -0.05) is 0 Å². The van der Waals surface area contributed by atoms with Gasteiger partial charge in [-0.15, -0.1) is 0 Å². The molecule has 0 aromatic rings. The van der Waals surface area contributed by atoms with Crippen molar-refractivity contribution < 1.29 is 19.1 Å². The standard InChI is InChI=1S/C7H11NO4/c1-5(12-6(2)9)8-3-4-11-7(8)10/h5H,3-4H2,1-2H3. The van der Waals surface area contributed by atoms with Crippen LogP contribution in [0, 0.1) is 0 Å².